The maximum Gasteiger partial charge on any atom is 0.264 e. The number of rotatable bonds is 6. The highest BCUT2D eigenvalue weighted by Gasteiger charge is 2.28. The third kappa shape index (κ3) is 3.65. The summed E-state index contributed by atoms with van der Waals surface area (Å²) >= 11 is 1.35. The van der Waals surface area contributed by atoms with Crippen LogP contribution in [0, 0.1) is 0 Å². The molecule has 0 saturated heterocycles. The Bertz CT molecular complexity index is 1110. The summed E-state index contributed by atoms with van der Waals surface area (Å²) in [4.78, 5) is 17.2. The van der Waals surface area contributed by atoms with Crippen LogP contribution >= 0.6 is 11.3 Å². The van der Waals surface area contributed by atoms with Gasteiger partial charge in [0.1, 0.15) is 4.90 Å². The molecule has 3 aromatic rings. The smallest absolute Gasteiger partial charge is 0.264 e. The van der Waals surface area contributed by atoms with Crippen LogP contribution < -0.4 is 9.62 Å². The molecule has 1 fully saturated rings. The normalized spacial score (nSPS) is 13.9. The highest BCUT2D eigenvalue weighted by molar-refractivity contribution is 7.92. The van der Waals surface area contributed by atoms with Crippen molar-refractivity contribution in [2.45, 2.75) is 23.7 Å². The number of carbonyl (C=O) groups is 1. The van der Waals surface area contributed by atoms with E-state index in [-0.39, 0.29) is 10.5 Å². The lowest BCUT2D eigenvalue weighted by Crippen LogP contribution is -2.28. The highest BCUT2D eigenvalue weighted by Crippen LogP contribution is 2.41. The topological polar surface area (TPSA) is 79.4 Å². The van der Waals surface area contributed by atoms with Crippen molar-refractivity contribution >= 4 is 38.1 Å². The van der Waals surface area contributed by atoms with Gasteiger partial charge in [-0.3, -0.25) is 14.4 Å². The predicted molar refractivity (Wildman–Crippen MR) is 111 cm³/mol. The number of nitrogens with one attached hydrogen (secondary N) is 1. The van der Waals surface area contributed by atoms with Gasteiger partial charge in [0.25, 0.3) is 15.9 Å². The number of hydrogen-bond acceptors (Lipinski definition) is 5. The van der Waals surface area contributed by atoms with Crippen molar-refractivity contribution in [3.63, 3.8) is 0 Å². The SMILES string of the molecule is CN(c1ccccc1)S(=O)(=O)c1ccccc1C(=O)Nc1nc(C2CC2)cs1. The molecule has 1 aromatic heterocycles. The number of sulfonamides is 1. The second-order valence-electron chi connectivity index (χ2n) is 6.61. The van der Waals surface area contributed by atoms with Gasteiger partial charge in [-0.1, -0.05) is 30.3 Å². The Balaban J connectivity index is 1.62. The van der Waals surface area contributed by atoms with E-state index < -0.39 is 15.9 Å². The van der Waals surface area contributed by atoms with E-state index in [9.17, 15) is 13.2 Å². The second-order valence-corrected chi connectivity index (χ2v) is 9.41. The predicted octanol–water partition coefficient (Wildman–Crippen LogP) is 4.10. The number of para-hydroxylation sites is 1. The number of hydrogen-bond donors (Lipinski definition) is 1. The fourth-order valence-electron chi connectivity index (χ4n) is 2.88. The Morgan fingerprint density at radius 1 is 1.11 bits per heavy atom. The Kier molecular flexibility index (Phi) is 4.91. The van der Waals surface area contributed by atoms with E-state index in [4.69, 9.17) is 0 Å². The zero-order valence-corrected chi connectivity index (χ0v) is 16.8. The first-order chi connectivity index (χ1) is 13.5. The van der Waals surface area contributed by atoms with Crippen LogP contribution in [-0.4, -0.2) is 26.4 Å². The van der Waals surface area contributed by atoms with E-state index in [1.165, 1.54) is 34.8 Å². The molecular formula is C20H19N3O3S2. The molecule has 1 aliphatic rings. The van der Waals surface area contributed by atoms with Gasteiger partial charge in [0.05, 0.1) is 16.9 Å². The summed E-state index contributed by atoms with van der Waals surface area (Å²) in [5.74, 6) is 0.00595. The van der Waals surface area contributed by atoms with Crippen molar-refractivity contribution in [1.29, 1.82) is 0 Å². The molecule has 1 saturated carbocycles. The van der Waals surface area contributed by atoms with Gasteiger partial charge < -0.3 is 0 Å². The molecule has 0 atom stereocenters. The van der Waals surface area contributed by atoms with Gasteiger partial charge >= 0.3 is 0 Å². The van der Waals surface area contributed by atoms with Crippen LogP contribution in [0.15, 0.2) is 64.9 Å². The van der Waals surface area contributed by atoms with Crippen molar-refractivity contribution in [3.05, 3.63) is 71.2 Å². The Hall–Kier alpha value is -2.71. The second kappa shape index (κ2) is 7.37. The number of benzene rings is 2. The lowest BCUT2D eigenvalue weighted by molar-refractivity contribution is 0.102. The van der Waals surface area contributed by atoms with Gasteiger partial charge in [0.15, 0.2) is 5.13 Å². The van der Waals surface area contributed by atoms with Crippen LogP contribution in [0.2, 0.25) is 0 Å². The van der Waals surface area contributed by atoms with Gasteiger partial charge in [-0.05, 0) is 37.1 Å². The summed E-state index contributed by atoms with van der Waals surface area (Å²) in [6.45, 7) is 0. The summed E-state index contributed by atoms with van der Waals surface area (Å²) in [6.07, 6.45) is 2.26. The molecule has 6 nitrogen and oxygen atoms in total. The monoisotopic (exact) mass is 413 g/mol. The minimum Gasteiger partial charge on any atom is -0.298 e. The van der Waals surface area contributed by atoms with Crippen LogP contribution in [0.3, 0.4) is 0 Å². The quantitative estimate of drug-likeness (QED) is 0.660. The van der Waals surface area contributed by atoms with Crippen LogP contribution in [0.25, 0.3) is 0 Å². The van der Waals surface area contributed by atoms with Crippen LogP contribution in [0.1, 0.15) is 34.8 Å². The number of aromatic nitrogens is 1. The fourth-order valence-corrected chi connectivity index (χ4v) is 5.05. The number of nitrogens with zero attached hydrogens (tertiary/aromatic N) is 2. The fraction of sp³-hybridized carbons (Fsp3) is 0.200. The van der Waals surface area contributed by atoms with Gasteiger partial charge in [-0.15, -0.1) is 11.3 Å². The lowest BCUT2D eigenvalue weighted by Gasteiger charge is -2.21. The highest BCUT2D eigenvalue weighted by atomic mass is 32.2. The third-order valence-corrected chi connectivity index (χ3v) is 7.25. The maximum atomic E-state index is 13.1. The van der Waals surface area contributed by atoms with Gasteiger partial charge in [-0.2, -0.15) is 0 Å². The third-order valence-electron chi connectivity index (χ3n) is 4.63. The minimum atomic E-state index is -3.90. The molecular weight excluding hydrogens is 394 g/mol. The Morgan fingerprint density at radius 2 is 1.79 bits per heavy atom. The maximum absolute atomic E-state index is 13.1. The zero-order chi connectivity index (χ0) is 19.7. The molecule has 0 radical (unpaired) electrons. The van der Waals surface area contributed by atoms with E-state index in [1.54, 1.807) is 36.4 Å². The largest absolute Gasteiger partial charge is 0.298 e. The summed E-state index contributed by atoms with van der Waals surface area (Å²) in [6, 6.07) is 15.0. The van der Waals surface area contributed by atoms with Crippen LogP contribution in [0.5, 0.6) is 0 Å². The molecule has 1 amide bonds. The molecule has 0 unspecified atom stereocenters. The average molecular weight is 414 g/mol. The van der Waals surface area contributed by atoms with Crippen LogP contribution in [-0.2, 0) is 10.0 Å². The molecule has 144 valence electrons. The number of thiazole rings is 1. The molecule has 8 heteroatoms. The van der Waals surface area contributed by atoms with Gasteiger partial charge in [-0.25, -0.2) is 13.4 Å². The molecule has 1 heterocycles. The Labute approximate surface area is 167 Å². The standard InChI is InChI=1S/C20H19N3O3S2/c1-23(15-7-3-2-4-8-15)28(25,26)18-10-6-5-9-16(18)19(24)22-20-21-17(13-27-20)14-11-12-14/h2-10,13-14H,11-12H2,1H3,(H,21,22,24). The average Bonchev–Trinajstić information content (AvgIpc) is 3.47. The van der Waals surface area contributed by atoms with Gasteiger partial charge in [0, 0.05) is 18.3 Å². The van der Waals surface area contributed by atoms with E-state index in [0.717, 1.165) is 18.5 Å². The van der Waals surface area contributed by atoms with Crippen LogP contribution in [0.4, 0.5) is 10.8 Å². The molecule has 0 bridgehead atoms. The first kappa shape index (κ1) is 18.6. The van der Waals surface area contributed by atoms with Crippen molar-refractivity contribution in [2.75, 3.05) is 16.7 Å². The molecule has 28 heavy (non-hydrogen) atoms. The molecule has 0 spiro atoms. The first-order valence-electron chi connectivity index (χ1n) is 8.86. The van der Waals surface area contributed by atoms with E-state index >= 15 is 0 Å². The molecule has 4 rings (SSSR count). The molecule has 1 N–H and O–H groups in total. The zero-order valence-electron chi connectivity index (χ0n) is 15.2. The number of anilines is 2. The number of carbonyl (C=O) groups excluding carboxylic acids is 1. The van der Waals surface area contributed by atoms with Crippen molar-refractivity contribution in [1.82, 2.24) is 4.98 Å². The van der Waals surface area contributed by atoms with Crippen molar-refractivity contribution < 1.29 is 13.2 Å². The van der Waals surface area contributed by atoms with E-state index in [0.29, 0.717) is 16.7 Å². The summed E-state index contributed by atoms with van der Waals surface area (Å²) in [5.41, 5.74) is 1.60. The summed E-state index contributed by atoms with van der Waals surface area (Å²) in [7, 11) is -2.43. The van der Waals surface area contributed by atoms with Crippen molar-refractivity contribution in [3.8, 4) is 0 Å². The molecule has 2 aromatic carbocycles. The first-order valence-corrected chi connectivity index (χ1v) is 11.2. The lowest BCUT2D eigenvalue weighted by atomic mass is 10.2. The Morgan fingerprint density at radius 3 is 2.50 bits per heavy atom. The van der Waals surface area contributed by atoms with E-state index in [1.807, 2.05) is 11.4 Å². The number of amides is 1. The van der Waals surface area contributed by atoms with Crippen molar-refractivity contribution in [2.24, 2.45) is 0 Å². The molecule has 0 aliphatic heterocycles. The van der Waals surface area contributed by atoms with Gasteiger partial charge in [0.2, 0.25) is 0 Å². The molecule has 1 aliphatic carbocycles. The summed E-state index contributed by atoms with van der Waals surface area (Å²) in [5, 5.41) is 5.16. The summed E-state index contributed by atoms with van der Waals surface area (Å²) < 4.78 is 27.5. The minimum absolute atomic E-state index is 0.0437. The van der Waals surface area contributed by atoms with E-state index in [2.05, 4.69) is 10.3 Å².